The number of nitrogens with zero attached hydrogens (tertiary/aromatic N) is 4. The number of nitro benzene ring substituents is 1. The number of morpholine rings is 1. The molecule has 0 spiro atoms. The number of allylic oxidation sites excluding steroid dienone is 1. The largest absolute Gasteiger partial charge is 0.378 e. The number of nitrogens with one attached hydrogen (secondary N) is 1. The van der Waals surface area contributed by atoms with Crippen LogP contribution in [0.1, 0.15) is 5.56 Å². The van der Waals surface area contributed by atoms with E-state index in [9.17, 15) is 10.1 Å². The van der Waals surface area contributed by atoms with E-state index in [1.165, 1.54) is 12.3 Å². The Morgan fingerprint density at radius 1 is 1.39 bits per heavy atom. The van der Waals surface area contributed by atoms with Gasteiger partial charge in [-0.2, -0.15) is 10.5 Å². The third-order valence-corrected chi connectivity index (χ3v) is 3.48. The molecule has 0 atom stereocenters. The molecule has 1 aromatic carbocycles. The van der Waals surface area contributed by atoms with Crippen LogP contribution in [0.15, 0.2) is 23.9 Å². The Morgan fingerprint density at radius 3 is 2.61 bits per heavy atom. The molecule has 0 saturated carbocycles. The summed E-state index contributed by atoms with van der Waals surface area (Å²) in [6, 6.07) is 6.66. The zero-order valence-corrected chi connectivity index (χ0v) is 12.6. The third-order valence-electron chi connectivity index (χ3n) is 3.48. The zero-order chi connectivity index (χ0) is 16.8. The lowest BCUT2D eigenvalue weighted by Crippen LogP contribution is -2.36. The highest BCUT2D eigenvalue weighted by Gasteiger charge is 2.23. The van der Waals surface area contributed by atoms with E-state index in [1.54, 1.807) is 25.1 Å². The molecule has 1 aliphatic heterocycles. The van der Waals surface area contributed by atoms with Crippen molar-refractivity contribution in [2.24, 2.45) is 0 Å². The maximum Gasteiger partial charge on any atom is 0.292 e. The Labute approximate surface area is 133 Å². The predicted molar refractivity (Wildman–Crippen MR) is 83.8 cm³/mol. The summed E-state index contributed by atoms with van der Waals surface area (Å²) in [5.41, 5.74) is 1.71. The standard InChI is InChI=1S/C15H15N5O3/c1-11-6-15(20(21)22)14(19-2-4-23-5-3-19)7-13(11)18-10-12(8-16)9-17/h6-7,10,18H,2-5H2,1H3. The van der Waals surface area contributed by atoms with Gasteiger partial charge in [-0.1, -0.05) is 0 Å². The van der Waals surface area contributed by atoms with E-state index in [0.717, 1.165) is 0 Å². The summed E-state index contributed by atoms with van der Waals surface area (Å²) >= 11 is 0. The van der Waals surface area contributed by atoms with Crippen LogP contribution in [-0.4, -0.2) is 31.2 Å². The number of anilines is 2. The summed E-state index contributed by atoms with van der Waals surface area (Å²) in [7, 11) is 0. The fraction of sp³-hybridized carbons (Fsp3) is 0.333. The summed E-state index contributed by atoms with van der Waals surface area (Å²) in [6.07, 6.45) is 1.29. The Kier molecular flexibility index (Phi) is 5.13. The number of ether oxygens (including phenoxy) is 1. The van der Waals surface area contributed by atoms with Gasteiger partial charge >= 0.3 is 0 Å². The van der Waals surface area contributed by atoms with Crippen LogP contribution in [0.25, 0.3) is 0 Å². The van der Waals surface area contributed by atoms with Gasteiger partial charge in [-0.25, -0.2) is 0 Å². The average molecular weight is 313 g/mol. The molecule has 118 valence electrons. The number of hydrogen-bond donors (Lipinski definition) is 1. The molecule has 0 radical (unpaired) electrons. The Bertz CT molecular complexity index is 708. The van der Waals surface area contributed by atoms with Gasteiger partial charge in [0.1, 0.15) is 23.4 Å². The van der Waals surface area contributed by atoms with Crippen LogP contribution < -0.4 is 10.2 Å². The first-order valence-electron chi connectivity index (χ1n) is 6.95. The highest BCUT2D eigenvalue weighted by molar-refractivity contribution is 5.73. The molecule has 1 N–H and O–H groups in total. The van der Waals surface area contributed by atoms with Crippen molar-refractivity contribution in [3.8, 4) is 12.1 Å². The van der Waals surface area contributed by atoms with Gasteiger partial charge in [0.15, 0.2) is 0 Å². The van der Waals surface area contributed by atoms with Crippen LogP contribution in [0.3, 0.4) is 0 Å². The topological polar surface area (TPSA) is 115 Å². The molecule has 0 aromatic heterocycles. The SMILES string of the molecule is Cc1cc([N+](=O)[O-])c(N2CCOCC2)cc1NC=C(C#N)C#N. The highest BCUT2D eigenvalue weighted by Crippen LogP contribution is 2.34. The fourth-order valence-corrected chi connectivity index (χ4v) is 2.28. The van der Waals surface area contributed by atoms with E-state index >= 15 is 0 Å². The molecule has 0 amide bonds. The first-order chi connectivity index (χ1) is 11.1. The Balaban J connectivity index is 2.41. The normalized spacial score (nSPS) is 13.6. The molecule has 1 saturated heterocycles. The molecule has 1 aromatic rings. The van der Waals surface area contributed by atoms with Crippen LogP contribution in [0.4, 0.5) is 17.1 Å². The Morgan fingerprint density at radius 2 is 2.04 bits per heavy atom. The number of nitro groups is 1. The minimum Gasteiger partial charge on any atom is -0.378 e. The second kappa shape index (κ2) is 7.25. The van der Waals surface area contributed by atoms with Gasteiger partial charge in [-0.15, -0.1) is 0 Å². The summed E-state index contributed by atoms with van der Waals surface area (Å²) in [6.45, 7) is 3.90. The van der Waals surface area contributed by atoms with E-state index in [1.807, 2.05) is 4.90 Å². The number of nitriles is 2. The summed E-state index contributed by atoms with van der Waals surface area (Å²) < 4.78 is 5.27. The second-order valence-electron chi connectivity index (χ2n) is 4.94. The van der Waals surface area contributed by atoms with Gasteiger partial charge in [-0.05, 0) is 18.6 Å². The van der Waals surface area contributed by atoms with Crippen LogP contribution in [-0.2, 0) is 4.74 Å². The lowest BCUT2D eigenvalue weighted by Gasteiger charge is -2.29. The van der Waals surface area contributed by atoms with Crippen LogP contribution >= 0.6 is 0 Å². The average Bonchev–Trinajstić information content (AvgIpc) is 2.57. The molecule has 1 aliphatic rings. The van der Waals surface area contributed by atoms with Crippen LogP contribution in [0.5, 0.6) is 0 Å². The van der Waals surface area contributed by atoms with Crippen molar-refractivity contribution in [2.75, 3.05) is 36.5 Å². The number of rotatable bonds is 4. The third kappa shape index (κ3) is 3.76. The van der Waals surface area contributed by atoms with Gasteiger partial charge in [0.2, 0.25) is 0 Å². The molecule has 23 heavy (non-hydrogen) atoms. The van der Waals surface area contributed by atoms with E-state index in [2.05, 4.69) is 5.32 Å². The molecule has 8 nitrogen and oxygen atoms in total. The number of hydrogen-bond acceptors (Lipinski definition) is 7. The lowest BCUT2D eigenvalue weighted by molar-refractivity contribution is -0.384. The molecule has 0 bridgehead atoms. The first kappa shape index (κ1) is 16.3. The first-order valence-corrected chi connectivity index (χ1v) is 6.95. The minimum absolute atomic E-state index is 0.0275. The van der Waals surface area contributed by atoms with Gasteiger partial charge < -0.3 is 15.0 Å². The maximum atomic E-state index is 11.3. The summed E-state index contributed by atoms with van der Waals surface area (Å²) in [5, 5.41) is 31.7. The molecule has 1 heterocycles. The van der Waals surface area contributed by atoms with E-state index in [-0.39, 0.29) is 11.3 Å². The van der Waals surface area contributed by atoms with E-state index in [4.69, 9.17) is 15.3 Å². The quantitative estimate of drug-likeness (QED) is 0.514. The van der Waals surface area contributed by atoms with Crippen molar-refractivity contribution in [1.82, 2.24) is 0 Å². The van der Waals surface area contributed by atoms with Crippen molar-refractivity contribution in [3.05, 3.63) is 39.6 Å². The van der Waals surface area contributed by atoms with Crippen molar-refractivity contribution in [3.63, 3.8) is 0 Å². The smallest absolute Gasteiger partial charge is 0.292 e. The summed E-state index contributed by atoms with van der Waals surface area (Å²) in [5.74, 6) is 0. The van der Waals surface area contributed by atoms with Crippen molar-refractivity contribution in [2.45, 2.75) is 6.92 Å². The molecule has 2 rings (SSSR count). The van der Waals surface area contributed by atoms with Crippen LogP contribution in [0, 0.1) is 39.7 Å². The summed E-state index contributed by atoms with van der Waals surface area (Å²) in [4.78, 5) is 12.8. The van der Waals surface area contributed by atoms with E-state index < -0.39 is 4.92 Å². The van der Waals surface area contributed by atoms with Crippen molar-refractivity contribution >= 4 is 17.1 Å². The Hall–Kier alpha value is -3.10. The molecule has 0 aliphatic carbocycles. The van der Waals surface area contributed by atoms with E-state index in [0.29, 0.717) is 43.2 Å². The molecule has 8 heteroatoms. The molecule has 1 fully saturated rings. The molecular weight excluding hydrogens is 298 g/mol. The number of aryl methyl sites for hydroxylation is 1. The monoisotopic (exact) mass is 313 g/mol. The molecule has 0 unspecified atom stereocenters. The second-order valence-corrected chi connectivity index (χ2v) is 4.94. The zero-order valence-electron chi connectivity index (χ0n) is 12.6. The molecular formula is C15H15N5O3. The van der Waals surface area contributed by atoms with Crippen molar-refractivity contribution < 1.29 is 9.66 Å². The van der Waals surface area contributed by atoms with Crippen molar-refractivity contribution in [1.29, 1.82) is 10.5 Å². The van der Waals surface area contributed by atoms with Gasteiger partial charge in [0, 0.05) is 31.0 Å². The minimum atomic E-state index is -0.409. The highest BCUT2D eigenvalue weighted by atomic mass is 16.6. The fourth-order valence-electron chi connectivity index (χ4n) is 2.28. The van der Waals surface area contributed by atoms with Gasteiger partial charge in [0.05, 0.1) is 18.1 Å². The maximum absolute atomic E-state index is 11.3. The number of benzene rings is 1. The van der Waals surface area contributed by atoms with Gasteiger partial charge in [-0.3, -0.25) is 10.1 Å². The van der Waals surface area contributed by atoms with Gasteiger partial charge in [0.25, 0.3) is 5.69 Å². The van der Waals surface area contributed by atoms with Crippen LogP contribution in [0.2, 0.25) is 0 Å². The predicted octanol–water partition coefficient (Wildman–Crippen LogP) is 2.08. The lowest BCUT2D eigenvalue weighted by atomic mass is 10.1.